The Morgan fingerprint density at radius 2 is 1.81 bits per heavy atom. The number of hydrogen-bond donors (Lipinski definition) is 2. The Balaban J connectivity index is 1.39. The lowest BCUT2D eigenvalue weighted by Gasteiger charge is -2.34. The first kappa shape index (κ1) is 22.9. The van der Waals surface area contributed by atoms with E-state index in [1.54, 1.807) is 36.7 Å². The van der Waals surface area contributed by atoms with Gasteiger partial charge in [-0.1, -0.05) is 49.6 Å². The van der Waals surface area contributed by atoms with Gasteiger partial charge in [-0.25, -0.2) is 0 Å². The van der Waals surface area contributed by atoms with Crippen LogP contribution >= 0.6 is 0 Å². The molecule has 4 aliphatic rings. The highest BCUT2D eigenvalue weighted by molar-refractivity contribution is 6.11. The number of ether oxygens (including phenoxy) is 1. The molecule has 1 aliphatic carbocycles. The molecule has 2 bridgehead atoms. The highest BCUT2D eigenvalue weighted by Crippen LogP contribution is 2.60. The summed E-state index contributed by atoms with van der Waals surface area (Å²) in [5.41, 5.74) is -1.07. The topological polar surface area (TPSA) is 101 Å². The van der Waals surface area contributed by atoms with Crippen LogP contribution in [0.15, 0.2) is 67.0 Å². The minimum Gasteiger partial charge on any atom is -0.356 e. The Labute approximate surface area is 210 Å². The van der Waals surface area contributed by atoms with Gasteiger partial charge in [-0.2, -0.15) is 0 Å². The quantitative estimate of drug-likeness (QED) is 0.632. The fourth-order valence-corrected chi connectivity index (χ4v) is 6.58. The molecule has 4 heterocycles. The van der Waals surface area contributed by atoms with E-state index in [2.05, 4.69) is 15.6 Å². The third kappa shape index (κ3) is 3.46. The lowest BCUT2D eigenvalue weighted by atomic mass is 9.70. The zero-order valence-corrected chi connectivity index (χ0v) is 20.2. The number of amides is 3. The number of benzene rings is 1. The lowest BCUT2D eigenvalue weighted by molar-refractivity contribution is -0.131. The first-order chi connectivity index (χ1) is 17.4. The first-order valence-corrected chi connectivity index (χ1v) is 12.7. The Hall–Kier alpha value is -3.52. The third-order valence-corrected chi connectivity index (χ3v) is 8.15. The van der Waals surface area contributed by atoms with Crippen molar-refractivity contribution in [2.45, 2.75) is 62.3 Å². The van der Waals surface area contributed by atoms with Gasteiger partial charge in [0.1, 0.15) is 11.6 Å². The van der Waals surface area contributed by atoms with Crippen molar-refractivity contribution in [1.29, 1.82) is 0 Å². The molecule has 8 nitrogen and oxygen atoms in total. The molecule has 1 spiro atoms. The molecule has 0 radical (unpaired) electrons. The average Bonchev–Trinajstić information content (AvgIpc) is 3.46. The minimum absolute atomic E-state index is 0.0721. The summed E-state index contributed by atoms with van der Waals surface area (Å²) in [5.74, 6) is -2.47. The molecule has 36 heavy (non-hydrogen) atoms. The predicted octanol–water partition coefficient (Wildman–Crippen LogP) is 3.21. The number of carbonyl (C=O) groups is 3. The molecule has 2 saturated heterocycles. The molecule has 3 fully saturated rings. The summed E-state index contributed by atoms with van der Waals surface area (Å²) in [4.78, 5) is 47.3. The third-order valence-electron chi connectivity index (χ3n) is 8.15. The van der Waals surface area contributed by atoms with Crippen molar-refractivity contribution in [2.24, 2.45) is 11.8 Å². The van der Waals surface area contributed by atoms with E-state index in [0.29, 0.717) is 11.4 Å². The van der Waals surface area contributed by atoms with Gasteiger partial charge >= 0.3 is 0 Å². The highest BCUT2D eigenvalue weighted by Gasteiger charge is 2.76. The Kier molecular flexibility index (Phi) is 5.44. The summed E-state index contributed by atoms with van der Waals surface area (Å²) in [6.07, 6.45) is 12.1. The second kappa shape index (κ2) is 8.55. The summed E-state index contributed by atoms with van der Waals surface area (Å²) in [6, 6.07) is 11.8. The first-order valence-electron chi connectivity index (χ1n) is 12.7. The Morgan fingerprint density at radius 3 is 2.53 bits per heavy atom. The monoisotopic (exact) mass is 486 g/mol. The second-order valence-corrected chi connectivity index (χ2v) is 10.4. The van der Waals surface area contributed by atoms with Crippen molar-refractivity contribution in [3.63, 3.8) is 0 Å². The van der Waals surface area contributed by atoms with Crippen LogP contribution in [0.25, 0.3) is 0 Å². The number of nitrogens with one attached hydrogen (secondary N) is 2. The Bertz CT molecular complexity index is 1210. The van der Waals surface area contributed by atoms with Gasteiger partial charge < -0.3 is 15.4 Å². The number of anilines is 2. The zero-order valence-electron chi connectivity index (χ0n) is 20.2. The summed E-state index contributed by atoms with van der Waals surface area (Å²) in [5, 5.41) is 6.15. The van der Waals surface area contributed by atoms with E-state index in [9.17, 15) is 14.4 Å². The number of rotatable bonds is 5. The fourth-order valence-electron chi connectivity index (χ4n) is 6.58. The number of para-hydroxylation sites is 1. The minimum atomic E-state index is -1.24. The fraction of sp³-hybridized carbons (Fsp3) is 0.429. The molecule has 1 aromatic carbocycles. The van der Waals surface area contributed by atoms with Gasteiger partial charge in [0.05, 0.1) is 29.3 Å². The van der Waals surface area contributed by atoms with Crippen molar-refractivity contribution in [3.05, 3.63) is 67.0 Å². The van der Waals surface area contributed by atoms with E-state index in [1.807, 2.05) is 37.3 Å². The van der Waals surface area contributed by atoms with Gasteiger partial charge in [0, 0.05) is 17.9 Å². The van der Waals surface area contributed by atoms with Crippen LogP contribution in [0.4, 0.5) is 11.4 Å². The van der Waals surface area contributed by atoms with Crippen LogP contribution in [0.2, 0.25) is 0 Å². The molecule has 5 atom stereocenters. The van der Waals surface area contributed by atoms with Crippen LogP contribution in [0.1, 0.15) is 39.0 Å². The molecule has 8 heteroatoms. The molecule has 3 amide bonds. The second-order valence-electron chi connectivity index (χ2n) is 10.4. The summed E-state index contributed by atoms with van der Waals surface area (Å²) in [6.45, 7) is 1.82. The zero-order chi connectivity index (χ0) is 24.9. The molecule has 2 aromatic rings. The SMILES string of the molecule is C[C@@]12C=C[C@@]3(O1)[C@H](C(=O)N(c1cccnc1)[C@H]3C(=O)NC1CCCCC1)[C@H]2C(=O)Nc1ccccc1. The van der Waals surface area contributed by atoms with E-state index < -0.39 is 29.1 Å². The maximum absolute atomic E-state index is 14.1. The highest BCUT2D eigenvalue weighted by atomic mass is 16.5. The van der Waals surface area contributed by atoms with E-state index in [1.165, 1.54) is 11.3 Å². The van der Waals surface area contributed by atoms with Crippen LogP contribution < -0.4 is 15.5 Å². The summed E-state index contributed by atoms with van der Waals surface area (Å²) >= 11 is 0. The van der Waals surface area contributed by atoms with Crippen LogP contribution in [-0.2, 0) is 19.1 Å². The number of fused-ring (bicyclic) bond motifs is 1. The van der Waals surface area contributed by atoms with Crippen molar-refractivity contribution >= 4 is 29.1 Å². The van der Waals surface area contributed by atoms with Gasteiger partial charge in [0.2, 0.25) is 17.7 Å². The predicted molar refractivity (Wildman–Crippen MR) is 134 cm³/mol. The van der Waals surface area contributed by atoms with Gasteiger partial charge in [-0.3, -0.25) is 24.3 Å². The maximum atomic E-state index is 14.1. The number of carbonyl (C=O) groups excluding carboxylic acids is 3. The van der Waals surface area contributed by atoms with Crippen molar-refractivity contribution in [1.82, 2.24) is 10.3 Å². The van der Waals surface area contributed by atoms with Crippen molar-refractivity contribution < 1.29 is 19.1 Å². The molecular weight excluding hydrogens is 456 g/mol. The van der Waals surface area contributed by atoms with Crippen molar-refractivity contribution in [3.8, 4) is 0 Å². The van der Waals surface area contributed by atoms with Crippen LogP contribution in [-0.4, -0.2) is 46.0 Å². The average molecular weight is 487 g/mol. The van der Waals surface area contributed by atoms with Crippen LogP contribution in [0.5, 0.6) is 0 Å². The maximum Gasteiger partial charge on any atom is 0.246 e. The largest absolute Gasteiger partial charge is 0.356 e. The van der Waals surface area contributed by atoms with Gasteiger partial charge in [0.25, 0.3) is 0 Å². The van der Waals surface area contributed by atoms with E-state index in [-0.39, 0.29) is 23.8 Å². The number of hydrogen-bond acceptors (Lipinski definition) is 5. The van der Waals surface area contributed by atoms with Gasteiger partial charge in [-0.15, -0.1) is 0 Å². The van der Waals surface area contributed by atoms with Crippen LogP contribution in [0.3, 0.4) is 0 Å². The molecule has 1 saturated carbocycles. The molecule has 0 unspecified atom stereocenters. The molecule has 3 aliphatic heterocycles. The Morgan fingerprint density at radius 1 is 1.03 bits per heavy atom. The van der Waals surface area contributed by atoms with E-state index in [0.717, 1.165) is 25.7 Å². The summed E-state index contributed by atoms with van der Waals surface area (Å²) < 4.78 is 6.57. The van der Waals surface area contributed by atoms with E-state index in [4.69, 9.17) is 4.74 Å². The standard InChI is InChI=1S/C28H30N4O4/c1-27-14-15-28(36-27)22(21(27)24(33)30-18-9-4-2-5-10-18)26(35)32(20-13-8-16-29-17-20)23(28)25(34)31-19-11-6-3-7-12-19/h2,4-5,8-10,13-17,19,21-23H,3,6-7,11-12H2,1H3,(H,30,33)(H,31,34)/t21-,22-,23-,27-,28+/m0/s1. The molecular formula is C28H30N4O4. The van der Waals surface area contributed by atoms with Crippen LogP contribution in [0, 0.1) is 11.8 Å². The molecule has 186 valence electrons. The molecule has 6 rings (SSSR count). The lowest BCUT2D eigenvalue weighted by Crippen LogP contribution is -2.56. The van der Waals surface area contributed by atoms with E-state index >= 15 is 0 Å². The summed E-state index contributed by atoms with van der Waals surface area (Å²) in [7, 11) is 0. The number of pyridine rings is 1. The van der Waals surface area contributed by atoms with Gasteiger partial charge in [0.15, 0.2) is 0 Å². The number of nitrogens with zero attached hydrogens (tertiary/aromatic N) is 2. The normalized spacial score (nSPS) is 33.0. The molecule has 2 N–H and O–H groups in total. The molecule has 1 aromatic heterocycles. The number of aromatic nitrogens is 1. The van der Waals surface area contributed by atoms with Gasteiger partial charge in [-0.05, 0) is 44.0 Å². The smallest absolute Gasteiger partial charge is 0.246 e. The van der Waals surface area contributed by atoms with Crippen molar-refractivity contribution in [2.75, 3.05) is 10.2 Å².